The van der Waals surface area contributed by atoms with E-state index < -0.39 is 41.1 Å². The summed E-state index contributed by atoms with van der Waals surface area (Å²) in [6.07, 6.45) is 5.22. The molecule has 3 aliphatic heterocycles. The van der Waals surface area contributed by atoms with Crippen LogP contribution in [0.2, 0.25) is 0 Å². The van der Waals surface area contributed by atoms with Crippen LogP contribution in [0.3, 0.4) is 0 Å². The second-order valence-corrected chi connectivity index (χ2v) is 11.5. The SMILES string of the molecule is C=CCOC(=O)[C@H]1[C@H]2C(=O)N([C@@H](CO)CC(C)C)C(C(=O)N(CC=C)Cc3ccccc3)C23CC[C@]1(CC)O3. The molecule has 3 aliphatic rings. The number of likely N-dealkylation sites (tertiary alicyclic amines) is 1. The van der Waals surface area contributed by atoms with Crippen molar-refractivity contribution < 1.29 is 29.0 Å². The summed E-state index contributed by atoms with van der Waals surface area (Å²) < 4.78 is 12.3. The lowest BCUT2D eigenvalue weighted by molar-refractivity contribution is -0.163. The van der Waals surface area contributed by atoms with Gasteiger partial charge in [-0.05, 0) is 37.2 Å². The van der Waals surface area contributed by atoms with Crippen LogP contribution in [0.25, 0.3) is 0 Å². The predicted molar refractivity (Wildman–Crippen MR) is 147 cm³/mol. The van der Waals surface area contributed by atoms with Crippen molar-refractivity contribution in [3.8, 4) is 0 Å². The molecule has 3 heterocycles. The molecule has 212 valence electrons. The number of hydrogen-bond acceptors (Lipinski definition) is 6. The summed E-state index contributed by atoms with van der Waals surface area (Å²) in [4.78, 5) is 45.6. The zero-order valence-corrected chi connectivity index (χ0v) is 23.4. The minimum absolute atomic E-state index is 0.0336. The van der Waals surface area contributed by atoms with Crippen molar-refractivity contribution in [2.75, 3.05) is 19.8 Å². The molecule has 2 amide bonds. The third-order valence-corrected chi connectivity index (χ3v) is 8.68. The molecule has 2 bridgehead atoms. The summed E-state index contributed by atoms with van der Waals surface area (Å²) in [5.74, 6) is -2.60. The van der Waals surface area contributed by atoms with Crippen LogP contribution in [-0.4, -0.2) is 75.7 Å². The van der Waals surface area contributed by atoms with Crippen LogP contribution in [0.4, 0.5) is 0 Å². The minimum atomic E-state index is -1.18. The first-order valence-electron chi connectivity index (χ1n) is 14.0. The molecule has 3 fully saturated rings. The molecule has 0 saturated carbocycles. The number of carbonyl (C=O) groups is 3. The Labute approximate surface area is 231 Å². The van der Waals surface area contributed by atoms with Crippen molar-refractivity contribution in [1.82, 2.24) is 9.80 Å². The van der Waals surface area contributed by atoms with Crippen LogP contribution in [0.15, 0.2) is 55.6 Å². The third-order valence-electron chi connectivity index (χ3n) is 8.68. The fraction of sp³-hybridized carbons (Fsp3) is 0.581. The summed E-state index contributed by atoms with van der Waals surface area (Å²) in [5.41, 5.74) is -1.10. The Kier molecular flexibility index (Phi) is 8.66. The Bertz CT molecular complexity index is 1090. The summed E-state index contributed by atoms with van der Waals surface area (Å²) >= 11 is 0. The topological polar surface area (TPSA) is 96.4 Å². The smallest absolute Gasteiger partial charge is 0.313 e. The van der Waals surface area contributed by atoms with E-state index in [9.17, 15) is 19.5 Å². The van der Waals surface area contributed by atoms with Gasteiger partial charge in [0.05, 0.1) is 24.2 Å². The Morgan fingerprint density at radius 3 is 2.54 bits per heavy atom. The molecule has 3 saturated heterocycles. The van der Waals surface area contributed by atoms with Crippen molar-refractivity contribution in [3.63, 3.8) is 0 Å². The number of ether oxygens (including phenoxy) is 2. The molecule has 2 unspecified atom stereocenters. The first kappa shape index (κ1) is 29.0. The van der Waals surface area contributed by atoms with Crippen LogP contribution in [0, 0.1) is 17.8 Å². The summed E-state index contributed by atoms with van der Waals surface area (Å²) in [6, 6.07) is 8.10. The van der Waals surface area contributed by atoms with E-state index in [2.05, 4.69) is 13.2 Å². The predicted octanol–water partition coefficient (Wildman–Crippen LogP) is 3.49. The molecule has 6 atom stereocenters. The first-order chi connectivity index (χ1) is 18.7. The van der Waals surface area contributed by atoms with Crippen LogP contribution in [0.5, 0.6) is 0 Å². The lowest BCUT2D eigenvalue weighted by atomic mass is 9.65. The highest BCUT2D eigenvalue weighted by molar-refractivity contribution is 5.98. The number of hydrogen-bond donors (Lipinski definition) is 1. The average Bonchev–Trinajstić information content (AvgIpc) is 3.54. The zero-order valence-electron chi connectivity index (χ0n) is 23.4. The number of amides is 2. The number of rotatable bonds is 13. The maximum Gasteiger partial charge on any atom is 0.313 e. The van der Waals surface area contributed by atoms with Gasteiger partial charge >= 0.3 is 5.97 Å². The van der Waals surface area contributed by atoms with Gasteiger partial charge in [0.15, 0.2) is 0 Å². The van der Waals surface area contributed by atoms with Crippen molar-refractivity contribution in [1.29, 1.82) is 0 Å². The molecule has 4 rings (SSSR count). The highest BCUT2D eigenvalue weighted by Crippen LogP contribution is 2.65. The molecular formula is C31H42N2O6. The average molecular weight is 539 g/mol. The number of aliphatic hydroxyl groups excluding tert-OH is 1. The van der Waals surface area contributed by atoms with E-state index in [-0.39, 0.29) is 37.5 Å². The highest BCUT2D eigenvalue weighted by Gasteiger charge is 2.79. The van der Waals surface area contributed by atoms with Crippen molar-refractivity contribution in [2.24, 2.45) is 17.8 Å². The van der Waals surface area contributed by atoms with Gasteiger partial charge in [-0.15, -0.1) is 6.58 Å². The van der Waals surface area contributed by atoms with Crippen LogP contribution in [0.1, 0.15) is 52.0 Å². The van der Waals surface area contributed by atoms with Gasteiger partial charge in [-0.25, -0.2) is 0 Å². The van der Waals surface area contributed by atoms with E-state index in [1.165, 1.54) is 6.08 Å². The van der Waals surface area contributed by atoms with Crippen LogP contribution >= 0.6 is 0 Å². The Hall–Kier alpha value is -2.97. The van der Waals surface area contributed by atoms with Gasteiger partial charge in [0.25, 0.3) is 0 Å². The normalized spacial score (nSPS) is 29.8. The molecule has 1 aromatic carbocycles. The lowest BCUT2D eigenvalue weighted by Gasteiger charge is -2.40. The third kappa shape index (κ3) is 4.93. The fourth-order valence-corrected chi connectivity index (χ4v) is 7.10. The molecule has 39 heavy (non-hydrogen) atoms. The van der Waals surface area contributed by atoms with E-state index >= 15 is 0 Å². The molecule has 1 aromatic rings. The number of benzene rings is 1. The first-order valence-corrected chi connectivity index (χ1v) is 14.0. The Morgan fingerprint density at radius 2 is 1.95 bits per heavy atom. The number of nitrogens with zero attached hydrogens (tertiary/aromatic N) is 2. The number of esters is 1. The number of fused-ring (bicyclic) bond motifs is 1. The van der Waals surface area contributed by atoms with Gasteiger partial charge in [-0.1, -0.05) is 69.8 Å². The molecule has 1 N–H and O–H groups in total. The van der Waals surface area contributed by atoms with Gasteiger partial charge in [-0.2, -0.15) is 0 Å². The molecule has 1 spiro atoms. The van der Waals surface area contributed by atoms with Crippen LogP contribution in [-0.2, 0) is 30.4 Å². The van der Waals surface area contributed by atoms with Gasteiger partial charge in [-0.3, -0.25) is 14.4 Å². The van der Waals surface area contributed by atoms with Gasteiger partial charge < -0.3 is 24.4 Å². The standard InChI is InChI=1S/C31H42N2O6/c1-6-16-32(19-22-12-10-9-11-13-22)28(36)26-31-15-14-30(8-3,39-31)25(29(37)38-17-7-2)24(31)27(35)33(26)23(20-34)18-21(4)5/h6-7,9-13,21,23-26,34H,1-2,8,14-20H2,3-5H3/t23-,24+,25-,26?,30+,31?/m1/s1. The maximum atomic E-state index is 14.6. The molecule has 0 radical (unpaired) electrons. The highest BCUT2D eigenvalue weighted by atomic mass is 16.6. The van der Waals surface area contributed by atoms with Crippen molar-refractivity contribution in [3.05, 3.63) is 61.2 Å². The van der Waals surface area contributed by atoms with Gasteiger partial charge in [0.1, 0.15) is 24.2 Å². The monoisotopic (exact) mass is 538 g/mol. The fourth-order valence-electron chi connectivity index (χ4n) is 7.10. The second kappa shape index (κ2) is 11.6. The maximum absolute atomic E-state index is 14.6. The molecule has 8 heteroatoms. The quantitative estimate of drug-likeness (QED) is 0.305. The molecular weight excluding hydrogens is 496 g/mol. The van der Waals surface area contributed by atoms with E-state index in [4.69, 9.17) is 9.47 Å². The van der Waals surface area contributed by atoms with E-state index in [1.807, 2.05) is 51.1 Å². The second-order valence-electron chi connectivity index (χ2n) is 11.5. The van der Waals surface area contributed by atoms with Gasteiger partial charge in [0, 0.05) is 13.1 Å². The summed E-state index contributed by atoms with van der Waals surface area (Å²) in [7, 11) is 0. The number of carbonyl (C=O) groups excluding carboxylic acids is 3. The van der Waals surface area contributed by atoms with Gasteiger partial charge in [0.2, 0.25) is 11.8 Å². The van der Waals surface area contributed by atoms with Crippen molar-refractivity contribution in [2.45, 2.75) is 76.3 Å². The number of aliphatic hydroxyl groups is 1. The summed E-state index contributed by atoms with van der Waals surface area (Å²) in [5, 5.41) is 10.5. The zero-order chi connectivity index (χ0) is 28.4. The van der Waals surface area contributed by atoms with E-state index in [1.54, 1.807) is 15.9 Å². The molecule has 0 aromatic heterocycles. The van der Waals surface area contributed by atoms with Crippen molar-refractivity contribution >= 4 is 17.8 Å². The minimum Gasteiger partial charge on any atom is -0.461 e. The lowest BCUT2D eigenvalue weighted by Crippen LogP contribution is -2.59. The Morgan fingerprint density at radius 1 is 1.23 bits per heavy atom. The largest absolute Gasteiger partial charge is 0.461 e. The molecule has 0 aliphatic carbocycles. The Balaban J connectivity index is 1.81. The van der Waals surface area contributed by atoms with Crippen LogP contribution < -0.4 is 0 Å². The van der Waals surface area contributed by atoms with E-state index in [0.717, 1.165) is 5.56 Å². The van der Waals surface area contributed by atoms with E-state index in [0.29, 0.717) is 32.2 Å². The molecule has 8 nitrogen and oxygen atoms in total. The summed E-state index contributed by atoms with van der Waals surface area (Å²) in [6.45, 7) is 13.8.